The van der Waals surface area contributed by atoms with Crippen molar-refractivity contribution >= 4 is 21.9 Å². The third-order valence-electron chi connectivity index (χ3n) is 4.49. The smallest absolute Gasteiger partial charge is 0.312 e. The van der Waals surface area contributed by atoms with Gasteiger partial charge in [0.25, 0.3) is 0 Å². The summed E-state index contributed by atoms with van der Waals surface area (Å²) in [5.74, 6) is -2.57. The van der Waals surface area contributed by atoms with Gasteiger partial charge in [-0.05, 0) is 25.3 Å². The molecule has 1 amide bonds. The van der Waals surface area contributed by atoms with Gasteiger partial charge in [-0.3, -0.25) is 9.59 Å². The molecule has 2 rings (SSSR count). The second-order valence-electron chi connectivity index (χ2n) is 6.14. The van der Waals surface area contributed by atoms with Gasteiger partial charge in [0.1, 0.15) is 0 Å². The van der Waals surface area contributed by atoms with E-state index in [9.17, 15) is 23.1 Å². The lowest BCUT2D eigenvalue weighted by atomic mass is 9.96. The molecule has 0 spiro atoms. The molecule has 0 aliphatic carbocycles. The fraction of sp³-hybridized carbons (Fsp3) is 0.529. The molecule has 2 atom stereocenters. The first kappa shape index (κ1) is 19.4. The van der Waals surface area contributed by atoms with Gasteiger partial charge in [0.2, 0.25) is 15.9 Å². The molecule has 1 aromatic rings. The third-order valence-corrected chi connectivity index (χ3v) is 6.34. The molecule has 0 saturated carbocycles. The van der Waals surface area contributed by atoms with E-state index in [0.717, 1.165) is 0 Å². The summed E-state index contributed by atoms with van der Waals surface area (Å²) in [5, 5.41) is 12.1. The Kier molecular flexibility index (Phi) is 6.55. The lowest BCUT2D eigenvalue weighted by Crippen LogP contribution is -2.46. The topological polar surface area (TPSA) is 104 Å². The van der Waals surface area contributed by atoms with Gasteiger partial charge in [0, 0.05) is 19.6 Å². The SMILES string of the molecule is CCS(=O)(=O)N1CCCC(C(=O)NCC(C(=O)O)c2ccccc2)C1. The second-order valence-corrected chi connectivity index (χ2v) is 8.40. The van der Waals surface area contributed by atoms with Gasteiger partial charge in [-0.15, -0.1) is 0 Å². The van der Waals surface area contributed by atoms with Gasteiger partial charge >= 0.3 is 5.97 Å². The number of amides is 1. The maximum atomic E-state index is 12.4. The van der Waals surface area contributed by atoms with Crippen molar-refractivity contribution in [3.05, 3.63) is 35.9 Å². The number of rotatable bonds is 7. The molecule has 138 valence electrons. The summed E-state index contributed by atoms with van der Waals surface area (Å²) in [7, 11) is -3.32. The molecular weight excluding hydrogens is 344 g/mol. The van der Waals surface area contributed by atoms with Gasteiger partial charge in [-0.2, -0.15) is 0 Å². The van der Waals surface area contributed by atoms with Crippen LogP contribution in [0, 0.1) is 5.92 Å². The maximum absolute atomic E-state index is 12.4. The van der Waals surface area contributed by atoms with E-state index in [-0.39, 0.29) is 24.7 Å². The van der Waals surface area contributed by atoms with E-state index in [1.165, 1.54) is 4.31 Å². The Labute approximate surface area is 148 Å². The standard InChI is InChI=1S/C17H24N2O5S/c1-2-25(23,24)19-10-6-9-14(12-19)16(20)18-11-15(17(21)22)13-7-4-3-5-8-13/h3-5,7-8,14-15H,2,6,9-12H2,1H3,(H,18,20)(H,21,22). The minimum Gasteiger partial charge on any atom is -0.481 e. The van der Waals surface area contributed by atoms with Crippen LogP contribution >= 0.6 is 0 Å². The predicted molar refractivity (Wildman–Crippen MR) is 93.6 cm³/mol. The highest BCUT2D eigenvalue weighted by Gasteiger charge is 2.32. The Morgan fingerprint density at radius 2 is 2.00 bits per heavy atom. The van der Waals surface area contributed by atoms with Gasteiger partial charge in [-0.25, -0.2) is 12.7 Å². The highest BCUT2D eigenvalue weighted by molar-refractivity contribution is 7.89. The van der Waals surface area contributed by atoms with Crippen molar-refractivity contribution in [1.29, 1.82) is 0 Å². The first-order valence-electron chi connectivity index (χ1n) is 8.38. The summed E-state index contributed by atoms with van der Waals surface area (Å²) in [6.45, 7) is 2.15. The number of carbonyl (C=O) groups is 2. The molecule has 1 heterocycles. The number of aliphatic carboxylic acids is 1. The summed E-state index contributed by atoms with van der Waals surface area (Å²) in [5.41, 5.74) is 0.620. The Morgan fingerprint density at radius 3 is 2.60 bits per heavy atom. The zero-order valence-corrected chi connectivity index (χ0v) is 15.0. The van der Waals surface area contributed by atoms with Crippen LogP contribution in [-0.4, -0.2) is 55.1 Å². The largest absolute Gasteiger partial charge is 0.481 e. The van der Waals surface area contributed by atoms with Crippen LogP contribution in [0.2, 0.25) is 0 Å². The number of nitrogens with zero attached hydrogens (tertiary/aromatic N) is 1. The number of carboxylic acids is 1. The molecular formula is C17H24N2O5S. The fourth-order valence-electron chi connectivity index (χ4n) is 2.97. The van der Waals surface area contributed by atoms with Crippen molar-refractivity contribution in [3.63, 3.8) is 0 Å². The van der Waals surface area contributed by atoms with E-state index in [0.29, 0.717) is 24.9 Å². The Morgan fingerprint density at radius 1 is 1.32 bits per heavy atom. The number of hydrogen-bond acceptors (Lipinski definition) is 4. The van der Waals surface area contributed by atoms with Crippen molar-refractivity contribution < 1.29 is 23.1 Å². The zero-order valence-electron chi connectivity index (χ0n) is 14.2. The van der Waals surface area contributed by atoms with Gasteiger partial charge in [0.15, 0.2) is 0 Å². The van der Waals surface area contributed by atoms with Crippen LogP contribution in [0.25, 0.3) is 0 Å². The zero-order chi connectivity index (χ0) is 18.4. The first-order valence-corrected chi connectivity index (χ1v) is 9.99. The number of benzene rings is 1. The molecule has 0 aromatic heterocycles. The van der Waals surface area contributed by atoms with Crippen LogP contribution in [-0.2, 0) is 19.6 Å². The minimum atomic E-state index is -3.32. The van der Waals surface area contributed by atoms with Crippen LogP contribution in [0.5, 0.6) is 0 Å². The lowest BCUT2D eigenvalue weighted by molar-refractivity contribution is -0.138. The van der Waals surface area contributed by atoms with E-state index >= 15 is 0 Å². The Bertz CT molecular complexity index is 705. The van der Waals surface area contributed by atoms with Crippen LogP contribution < -0.4 is 5.32 Å². The van der Waals surface area contributed by atoms with E-state index in [4.69, 9.17) is 0 Å². The van der Waals surface area contributed by atoms with Crippen molar-refractivity contribution in [2.24, 2.45) is 5.92 Å². The summed E-state index contributed by atoms with van der Waals surface area (Å²) < 4.78 is 25.3. The molecule has 8 heteroatoms. The highest BCUT2D eigenvalue weighted by atomic mass is 32.2. The minimum absolute atomic E-state index is 0.0104. The molecule has 1 aromatic carbocycles. The van der Waals surface area contributed by atoms with Crippen molar-refractivity contribution in [1.82, 2.24) is 9.62 Å². The van der Waals surface area contributed by atoms with Crippen molar-refractivity contribution in [3.8, 4) is 0 Å². The van der Waals surface area contributed by atoms with E-state index in [1.807, 2.05) is 0 Å². The van der Waals surface area contributed by atoms with Crippen molar-refractivity contribution in [2.75, 3.05) is 25.4 Å². The van der Waals surface area contributed by atoms with Crippen LogP contribution in [0.3, 0.4) is 0 Å². The van der Waals surface area contributed by atoms with Gasteiger partial charge in [-0.1, -0.05) is 30.3 Å². The number of hydrogen-bond donors (Lipinski definition) is 2. The molecule has 7 nitrogen and oxygen atoms in total. The Balaban J connectivity index is 1.98. The van der Waals surface area contributed by atoms with Crippen LogP contribution in [0.15, 0.2) is 30.3 Å². The number of sulfonamides is 1. The molecule has 1 aliphatic rings. The van der Waals surface area contributed by atoms with Gasteiger partial charge < -0.3 is 10.4 Å². The Hall–Kier alpha value is -1.93. The highest BCUT2D eigenvalue weighted by Crippen LogP contribution is 2.20. The normalized spacial score (nSPS) is 20.0. The first-order chi connectivity index (χ1) is 11.8. The number of carboxylic acid groups (broad SMARTS) is 1. The number of nitrogens with one attached hydrogen (secondary N) is 1. The van der Waals surface area contributed by atoms with E-state index < -0.39 is 27.8 Å². The van der Waals surface area contributed by atoms with E-state index in [2.05, 4.69) is 5.32 Å². The summed E-state index contributed by atoms with van der Waals surface area (Å²) >= 11 is 0. The summed E-state index contributed by atoms with van der Waals surface area (Å²) in [6, 6.07) is 8.72. The quantitative estimate of drug-likeness (QED) is 0.748. The van der Waals surface area contributed by atoms with Crippen LogP contribution in [0.4, 0.5) is 0 Å². The van der Waals surface area contributed by atoms with E-state index in [1.54, 1.807) is 37.3 Å². The van der Waals surface area contributed by atoms with Gasteiger partial charge in [0.05, 0.1) is 17.6 Å². The van der Waals surface area contributed by atoms with Crippen molar-refractivity contribution in [2.45, 2.75) is 25.7 Å². The predicted octanol–water partition coefficient (Wildman–Crippen LogP) is 1.03. The fourth-order valence-corrected chi connectivity index (χ4v) is 4.15. The average molecular weight is 368 g/mol. The molecule has 0 radical (unpaired) electrons. The molecule has 1 aliphatic heterocycles. The van der Waals surface area contributed by atoms with Crippen LogP contribution in [0.1, 0.15) is 31.2 Å². The maximum Gasteiger partial charge on any atom is 0.312 e. The summed E-state index contributed by atoms with van der Waals surface area (Å²) in [6.07, 6.45) is 1.23. The molecule has 1 fully saturated rings. The number of carbonyl (C=O) groups excluding carboxylic acids is 1. The molecule has 0 bridgehead atoms. The molecule has 1 saturated heterocycles. The summed E-state index contributed by atoms with van der Waals surface area (Å²) in [4.78, 5) is 23.9. The second kappa shape index (κ2) is 8.44. The number of piperidine rings is 1. The third kappa shape index (κ3) is 5.02. The molecule has 2 N–H and O–H groups in total. The average Bonchev–Trinajstić information content (AvgIpc) is 2.62. The lowest BCUT2D eigenvalue weighted by Gasteiger charge is -2.31. The molecule has 25 heavy (non-hydrogen) atoms. The molecule has 2 unspecified atom stereocenters. The monoisotopic (exact) mass is 368 g/mol.